The van der Waals surface area contributed by atoms with Crippen LogP contribution in [0.15, 0.2) is 28.8 Å². The molecule has 1 aromatic carbocycles. The maximum atomic E-state index is 13.5. The van der Waals surface area contributed by atoms with Crippen LogP contribution in [0.5, 0.6) is 0 Å². The molecule has 1 saturated heterocycles. The van der Waals surface area contributed by atoms with E-state index in [1.54, 1.807) is 12.1 Å². The second-order valence-corrected chi connectivity index (χ2v) is 8.97. The minimum atomic E-state index is -0.295. The summed E-state index contributed by atoms with van der Waals surface area (Å²) in [7, 11) is 4.03. The number of halogens is 1. The Morgan fingerprint density at radius 2 is 1.81 bits per heavy atom. The molecule has 2 fully saturated rings. The Balaban J connectivity index is 1.67. The number of morpholine rings is 1. The molecule has 2 aromatic rings. The van der Waals surface area contributed by atoms with Crippen LogP contribution < -0.4 is 4.90 Å². The summed E-state index contributed by atoms with van der Waals surface area (Å²) in [5.74, 6) is 0.694. The zero-order valence-corrected chi connectivity index (χ0v) is 19.1. The third-order valence-electron chi connectivity index (χ3n) is 6.37. The number of rotatable bonds is 8. The molecule has 1 amide bonds. The van der Waals surface area contributed by atoms with Gasteiger partial charge < -0.3 is 24.0 Å². The van der Waals surface area contributed by atoms with Gasteiger partial charge in [0, 0.05) is 37.7 Å². The first-order valence-electron chi connectivity index (χ1n) is 11.5. The van der Waals surface area contributed by atoms with Gasteiger partial charge in [0.2, 0.25) is 11.8 Å². The lowest BCUT2D eigenvalue weighted by Crippen LogP contribution is -2.40. The van der Waals surface area contributed by atoms with Crippen molar-refractivity contribution >= 4 is 11.8 Å². The molecule has 2 aliphatic rings. The molecule has 1 saturated carbocycles. The fourth-order valence-electron chi connectivity index (χ4n) is 4.50. The molecule has 0 unspecified atom stereocenters. The van der Waals surface area contributed by atoms with Crippen molar-refractivity contribution in [3.8, 4) is 11.3 Å². The van der Waals surface area contributed by atoms with Crippen molar-refractivity contribution in [1.82, 2.24) is 15.0 Å². The highest BCUT2D eigenvalue weighted by Crippen LogP contribution is 2.34. The smallest absolute Gasteiger partial charge is 0.233 e. The summed E-state index contributed by atoms with van der Waals surface area (Å²) >= 11 is 0. The second kappa shape index (κ2) is 10.4. The Labute approximate surface area is 189 Å². The number of benzene rings is 1. The first-order valence-corrected chi connectivity index (χ1v) is 11.5. The van der Waals surface area contributed by atoms with Gasteiger partial charge in [-0.3, -0.25) is 4.79 Å². The molecular weight excluding hydrogens is 411 g/mol. The lowest BCUT2D eigenvalue weighted by molar-refractivity contribution is -0.136. The van der Waals surface area contributed by atoms with Crippen LogP contribution in [0.2, 0.25) is 0 Å². The number of aromatic nitrogens is 1. The highest BCUT2D eigenvalue weighted by atomic mass is 19.1. The third-order valence-corrected chi connectivity index (χ3v) is 6.37. The van der Waals surface area contributed by atoms with E-state index >= 15 is 0 Å². The summed E-state index contributed by atoms with van der Waals surface area (Å²) in [5.41, 5.74) is 2.33. The standard InChI is InChI=1S/C24H33FN4O3/c1-27(2)11-12-29(23(30)19-5-3-4-6-19)17-21-22(18-7-9-20(25)10-8-18)26-32-24(21)28-13-15-31-16-14-28/h7-10,19H,3-6,11-17H2,1-2H3. The lowest BCUT2D eigenvalue weighted by atomic mass is 10.0. The average Bonchev–Trinajstić information content (AvgIpc) is 3.48. The summed E-state index contributed by atoms with van der Waals surface area (Å²) < 4.78 is 24.9. The van der Waals surface area contributed by atoms with Crippen molar-refractivity contribution in [2.45, 2.75) is 32.2 Å². The maximum absolute atomic E-state index is 13.5. The van der Waals surface area contributed by atoms with Gasteiger partial charge in [0.25, 0.3) is 0 Å². The Bertz CT molecular complexity index is 887. The summed E-state index contributed by atoms with van der Waals surface area (Å²) in [4.78, 5) is 19.6. The minimum absolute atomic E-state index is 0.0955. The van der Waals surface area contributed by atoms with Crippen LogP contribution in [0.4, 0.5) is 10.3 Å². The molecule has 0 spiro atoms. The maximum Gasteiger partial charge on any atom is 0.233 e. The van der Waals surface area contributed by atoms with Crippen molar-refractivity contribution in [3.05, 3.63) is 35.6 Å². The highest BCUT2D eigenvalue weighted by Gasteiger charge is 2.31. The van der Waals surface area contributed by atoms with E-state index in [-0.39, 0.29) is 17.6 Å². The van der Waals surface area contributed by atoms with Crippen molar-refractivity contribution in [2.75, 3.05) is 58.4 Å². The summed E-state index contributed by atoms with van der Waals surface area (Å²) in [6, 6.07) is 6.27. The fraction of sp³-hybridized carbons (Fsp3) is 0.583. The van der Waals surface area contributed by atoms with Crippen LogP contribution in [0.25, 0.3) is 11.3 Å². The number of anilines is 1. The van der Waals surface area contributed by atoms with Gasteiger partial charge in [0.1, 0.15) is 11.5 Å². The van der Waals surface area contributed by atoms with Crippen LogP contribution >= 0.6 is 0 Å². The number of nitrogens with zero attached hydrogens (tertiary/aromatic N) is 4. The molecule has 1 aromatic heterocycles. The number of amides is 1. The zero-order valence-electron chi connectivity index (χ0n) is 19.1. The number of hydrogen-bond donors (Lipinski definition) is 0. The Morgan fingerprint density at radius 3 is 2.47 bits per heavy atom. The number of hydrogen-bond acceptors (Lipinski definition) is 6. The highest BCUT2D eigenvalue weighted by molar-refractivity contribution is 5.80. The van der Waals surface area contributed by atoms with Crippen LogP contribution in [0.3, 0.4) is 0 Å². The van der Waals surface area contributed by atoms with Crippen molar-refractivity contribution < 1.29 is 18.4 Å². The monoisotopic (exact) mass is 444 g/mol. The number of likely N-dealkylation sites (N-methyl/N-ethyl adjacent to an activating group) is 1. The molecule has 0 atom stereocenters. The van der Waals surface area contributed by atoms with Gasteiger partial charge in [-0.2, -0.15) is 0 Å². The molecular formula is C24H33FN4O3. The van der Waals surface area contributed by atoms with E-state index in [1.165, 1.54) is 12.1 Å². The van der Waals surface area contributed by atoms with Crippen LogP contribution in [-0.2, 0) is 16.1 Å². The largest absolute Gasteiger partial charge is 0.378 e. The SMILES string of the molecule is CN(C)CCN(Cc1c(-c2ccc(F)cc2)noc1N1CCOCC1)C(=O)C1CCCC1. The van der Waals surface area contributed by atoms with Crippen molar-refractivity contribution in [3.63, 3.8) is 0 Å². The van der Waals surface area contributed by atoms with E-state index in [2.05, 4.69) is 15.0 Å². The predicted molar refractivity (Wildman–Crippen MR) is 121 cm³/mol. The number of carbonyl (C=O) groups is 1. The van der Waals surface area contributed by atoms with E-state index in [1.807, 2.05) is 19.0 Å². The van der Waals surface area contributed by atoms with E-state index in [0.29, 0.717) is 51.0 Å². The summed E-state index contributed by atoms with van der Waals surface area (Å²) in [6.45, 7) is 4.50. The number of carbonyl (C=O) groups excluding carboxylic acids is 1. The molecule has 7 nitrogen and oxygen atoms in total. The van der Waals surface area contributed by atoms with Gasteiger partial charge in [-0.05, 0) is 51.2 Å². The summed E-state index contributed by atoms with van der Waals surface area (Å²) in [5, 5.41) is 4.37. The predicted octanol–water partition coefficient (Wildman–Crippen LogP) is 3.40. The van der Waals surface area contributed by atoms with E-state index in [0.717, 1.165) is 43.4 Å². The third kappa shape index (κ3) is 5.30. The molecule has 174 valence electrons. The second-order valence-electron chi connectivity index (χ2n) is 8.97. The van der Waals surface area contributed by atoms with Gasteiger partial charge in [0.05, 0.1) is 25.3 Å². The minimum Gasteiger partial charge on any atom is -0.378 e. The average molecular weight is 445 g/mol. The van der Waals surface area contributed by atoms with Gasteiger partial charge >= 0.3 is 0 Å². The molecule has 0 bridgehead atoms. The topological polar surface area (TPSA) is 62.1 Å². The molecule has 8 heteroatoms. The fourth-order valence-corrected chi connectivity index (χ4v) is 4.50. The first-order chi connectivity index (χ1) is 15.5. The van der Waals surface area contributed by atoms with Gasteiger partial charge in [0.15, 0.2) is 0 Å². The Hall–Kier alpha value is -2.45. The Morgan fingerprint density at radius 1 is 1.12 bits per heavy atom. The first kappa shape index (κ1) is 22.7. The molecule has 0 radical (unpaired) electrons. The molecule has 1 aliphatic heterocycles. The summed E-state index contributed by atoms with van der Waals surface area (Å²) in [6.07, 6.45) is 4.15. The quantitative estimate of drug-likeness (QED) is 0.622. The van der Waals surface area contributed by atoms with Gasteiger partial charge in [-0.25, -0.2) is 4.39 Å². The van der Waals surface area contributed by atoms with Crippen molar-refractivity contribution in [2.24, 2.45) is 5.92 Å². The van der Waals surface area contributed by atoms with Crippen LogP contribution in [0, 0.1) is 11.7 Å². The van der Waals surface area contributed by atoms with E-state index in [9.17, 15) is 9.18 Å². The van der Waals surface area contributed by atoms with Crippen LogP contribution in [-0.4, -0.2) is 74.4 Å². The van der Waals surface area contributed by atoms with Crippen molar-refractivity contribution in [1.29, 1.82) is 0 Å². The van der Waals surface area contributed by atoms with Gasteiger partial charge in [-0.1, -0.05) is 18.0 Å². The molecule has 2 heterocycles. The Kier molecular flexibility index (Phi) is 7.42. The molecule has 1 aliphatic carbocycles. The van der Waals surface area contributed by atoms with E-state index < -0.39 is 0 Å². The molecule has 4 rings (SSSR count). The van der Waals surface area contributed by atoms with Crippen LogP contribution in [0.1, 0.15) is 31.2 Å². The lowest BCUT2D eigenvalue weighted by Gasteiger charge is -2.30. The normalized spacial score (nSPS) is 17.3. The van der Waals surface area contributed by atoms with Gasteiger partial charge in [-0.15, -0.1) is 0 Å². The zero-order chi connectivity index (χ0) is 22.5. The van der Waals surface area contributed by atoms with E-state index in [4.69, 9.17) is 9.26 Å². The molecule has 32 heavy (non-hydrogen) atoms. The molecule has 0 N–H and O–H groups in total. The number of ether oxygens (including phenoxy) is 1.